The number of phenols is 1. The summed E-state index contributed by atoms with van der Waals surface area (Å²) in [6.45, 7) is 3.49. The molecule has 1 aromatic carbocycles. The fourth-order valence-electron chi connectivity index (χ4n) is 2.29. The fraction of sp³-hybridized carbons (Fsp3) is 0.167. The molecule has 1 heterocycles. The Morgan fingerprint density at radius 2 is 1.88 bits per heavy atom. The van der Waals surface area contributed by atoms with Crippen LogP contribution >= 0.6 is 11.6 Å². The number of nitriles is 3. The number of ether oxygens (including phenoxy) is 1. The van der Waals surface area contributed by atoms with Crippen molar-refractivity contribution in [2.45, 2.75) is 19.4 Å². The topological polar surface area (TPSA) is 101 Å². The number of allylic oxidation sites excluding steroid dienone is 2. The predicted octanol–water partition coefficient (Wildman–Crippen LogP) is 3.99. The van der Waals surface area contributed by atoms with Crippen LogP contribution in [-0.2, 0) is 4.74 Å². The Kier molecular flexibility index (Phi) is 4.65. The third-order valence-corrected chi connectivity index (χ3v) is 3.78. The number of rotatable bonds is 2. The number of benzene rings is 1. The molecule has 0 saturated heterocycles. The van der Waals surface area contributed by atoms with Crippen molar-refractivity contribution in [1.29, 1.82) is 15.8 Å². The quantitative estimate of drug-likeness (QED) is 0.822. The largest absolute Gasteiger partial charge is 0.506 e. The molecule has 0 spiro atoms. The Labute approximate surface area is 144 Å². The molecule has 0 fully saturated rings. The molecule has 0 amide bonds. The average molecular weight is 338 g/mol. The minimum atomic E-state index is -0.865. The molecular weight excluding hydrogens is 326 g/mol. The second-order valence-corrected chi connectivity index (χ2v) is 5.89. The Morgan fingerprint density at radius 3 is 2.42 bits per heavy atom. The highest BCUT2D eigenvalue weighted by Crippen LogP contribution is 2.40. The van der Waals surface area contributed by atoms with Crippen LogP contribution in [-0.4, -0.2) is 10.7 Å². The lowest BCUT2D eigenvalue weighted by Crippen LogP contribution is -2.20. The van der Waals surface area contributed by atoms with Gasteiger partial charge in [0.15, 0.2) is 11.3 Å². The zero-order valence-corrected chi connectivity index (χ0v) is 13.7. The van der Waals surface area contributed by atoms with Crippen LogP contribution in [0.2, 0.25) is 5.02 Å². The summed E-state index contributed by atoms with van der Waals surface area (Å²) in [5.41, 5.74) is 0.315. The van der Waals surface area contributed by atoms with E-state index in [9.17, 15) is 10.4 Å². The number of aromatic hydroxyl groups is 1. The summed E-state index contributed by atoms with van der Waals surface area (Å²) in [5, 5.41) is 37.1. The molecule has 24 heavy (non-hydrogen) atoms. The van der Waals surface area contributed by atoms with E-state index in [2.05, 4.69) is 0 Å². The van der Waals surface area contributed by atoms with Crippen LogP contribution in [0.4, 0.5) is 0 Å². The van der Waals surface area contributed by atoms with Gasteiger partial charge in [0.2, 0.25) is 0 Å². The Hall–Kier alpha value is -3.20. The predicted molar refractivity (Wildman–Crippen MR) is 88.2 cm³/mol. The average Bonchev–Trinajstić information content (AvgIpc) is 2.80. The smallest absolute Gasteiger partial charge is 0.172 e. The maximum Gasteiger partial charge on any atom is 0.172 e. The van der Waals surface area contributed by atoms with Crippen molar-refractivity contribution in [3.63, 3.8) is 0 Å². The van der Waals surface area contributed by atoms with E-state index in [-0.39, 0.29) is 27.7 Å². The highest BCUT2D eigenvalue weighted by Gasteiger charge is 2.38. The molecule has 118 valence electrons. The standard InChI is InChI=1S/C18H12ClN3O2/c1-18(2)14(5-3-11-4-6-16(23)15(19)7-11)13(10-22)17(24-18)12(8-20)9-21/h3-7,23H,1-2H3/b5-3+. The van der Waals surface area contributed by atoms with E-state index in [1.165, 1.54) is 6.07 Å². The highest BCUT2D eigenvalue weighted by atomic mass is 35.5. The second-order valence-electron chi connectivity index (χ2n) is 5.48. The monoisotopic (exact) mass is 337 g/mol. The molecule has 0 atom stereocenters. The fourth-order valence-corrected chi connectivity index (χ4v) is 2.48. The van der Waals surface area contributed by atoms with Crippen LogP contribution in [0.15, 0.2) is 46.8 Å². The molecule has 2 rings (SSSR count). The molecule has 1 N–H and O–H groups in total. The van der Waals surface area contributed by atoms with Crippen LogP contribution in [0, 0.1) is 34.0 Å². The molecule has 0 saturated carbocycles. The van der Waals surface area contributed by atoms with E-state index in [0.29, 0.717) is 5.57 Å². The van der Waals surface area contributed by atoms with E-state index in [0.717, 1.165) is 5.56 Å². The van der Waals surface area contributed by atoms with Crippen molar-refractivity contribution in [3.05, 3.63) is 57.3 Å². The first-order chi connectivity index (χ1) is 11.3. The van der Waals surface area contributed by atoms with Gasteiger partial charge in [-0.3, -0.25) is 0 Å². The van der Waals surface area contributed by atoms with Crippen LogP contribution in [0.5, 0.6) is 5.75 Å². The third-order valence-electron chi connectivity index (χ3n) is 3.48. The van der Waals surface area contributed by atoms with Crippen LogP contribution in [0.25, 0.3) is 6.08 Å². The number of halogens is 1. The molecule has 5 nitrogen and oxygen atoms in total. The number of phenolic OH excluding ortho intramolecular Hbond substituents is 1. The summed E-state index contributed by atoms with van der Waals surface area (Å²) >= 11 is 5.87. The molecule has 0 bridgehead atoms. The van der Waals surface area contributed by atoms with Crippen molar-refractivity contribution in [2.24, 2.45) is 0 Å². The van der Waals surface area contributed by atoms with E-state index in [1.807, 2.05) is 6.07 Å². The molecule has 0 aliphatic carbocycles. The maximum absolute atomic E-state index is 9.44. The molecule has 1 aliphatic rings. The molecule has 6 heteroatoms. The van der Waals surface area contributed by atoms with Gasteiger partial charge in [0.05, 0.1) is 5.02 Å². The van der Waals surface area contributed by atoms with Crippen molar-refractivity contribution in [3.8, 4) is 24.0 Å². The molecule has 0 radical (unpaired) electrons. The summed E-state index contributed by atoms with van der Waals surface area (Å²) < 4.78 is 5.66. The SMILES string of the molecule is CC1(C)OC(=C(C#N)C#N)C(C#N)=C1/C=C/c1ccc(O)c(Cl)c1. The van der Waals surface area contributed by atoms with Crippen molar-refractivity contribution >= 4 is 17.7 Å². The lowest BCUT2D eigenvalue weighted by molar-refractivity contribution is 0.0954. The minimum absolute atomic E-state index is 0.00381. The first kappa shape index (κ1) is 17.2. The molecule has 0 unspecified atom stereocenters. The maximum atomic E-state index is 9.44. The summed E-state index contributed by atoms with van der Waals surface area (Å²) in [5.74, 6) is -0.0240. The summed E-state index contributed by atoms with van der Waals surface area (Å²) in [6.07, 6.45) is 3.39. The van der Waals surface area contributed by atoms with E-state index >= 15 is 0 Å². The first-order valence-electron chi connectivity index (χ1n) is 6.89. The molecule has 1 aromatic rings. The normalized spacial score (nSPS) is 15.6. The Morgan fingerprint density at radius 1 is 1.21 bits per heavy atom. The lowest BCUT2D eigenvalue weighted by atomic mass is 9.94. The summed E-state index contributed by atoms with van der Waals surface area (Å²) in [4.78, 5) is 0. The summed E-state index contributed by atoms with van der Waals surface area (Å²) in [7, 11) is 0. The number of hydrogen-bond acceptors (Lipinski definition) is 5. The van der Waals surface area contributed by atoms with Crippen LogP contribution in [0.1, 0.15) is 19.4 Å². The number of hydrogen-bond donors (Lipinski definition) is 1. The van der Waals surface area contributed by atoms with Gasteiger partial charge in [-0.05, 0) is 31.5 Å². The zero-order chi connectivity index (χ0) is 17.9. The van der Waals surface area contributed by atoms with Crippen LogP contribution in [0.3, 0.4) is 0 Å². The molecule has 1 aliphatic heterocycles. The van der Waals surface area contributed by atoms with Gasteiger partial charge in [-0.15, -0.1) is 0 Å². The summed E-state index contributed by atoms with van der Waals surface area (Å²) in [6, 6.07) is 10.2. The number of nitrogens with zero attached hydrogens (tertiary/aromatic N) is 3. The van der Waals surface area contributed by atoms with Crippen molar-refractivity contribution in [1.82, 2.24) is 0 Å². The Balaban J connectivity index is 2.55. The second kappa shape index (κ2) is 6.50. The van der Waals surface area contributed by atoms with Crippen molar-refractivity contribution < 1.29 is 9.84 Å². The van der Waals surface area contributed by atoms with E-state index in [1.54, 1.807) is 50.3 Å². The Bertz CT molecular complexity index is 903. The van der Waals surface area contributed by atoms with Gasteiger partial charge in [-0.2, -0.15) is 15.8 Å². The molecule has 0 aromatic heterocycles. The third kappa shape index (κ3) is 3.10. The van der Waals surface area contributed by atoms with Gasteiger partial charge >= 0.3 is 0 Å². The van der Waals surface area contributed by atoms with Gasteiger partial charge in [0.25, 0.3) is 0 Å². The van der Waals surface area contributed by atoms with Gasteiger partial charge in [0, 0.05) is 5.57 Å². The van der Waals surface area contributed by atoms with Gasteiger partial charge in [0.1, 0.15) is 35.1 Å². The molecular formula is C18H12ClN3O2. The highest BCUT2D eigenvalue weighted by molar-refractivity contribution is 6.32. The van der Waals surface area contributed by atoms with Gasteiger partial charge in [-0.1, -0.05) is 29.8 Å². The minimum Gasteiger partial charge on any atom is -0.506 e. The van der Waals surface area contributed by atoms with Gasteiger partial charge < -0.3 is 9.84 Å². The lowest BCUT2D eigenvalue weighted by Gasteiger charge is -2.20. The van der Waals surface area contributed by atoms with Crippen molar-refractivity contribution in [2.75, 3.05) is 0 Å². The van der Waals surface area contributed by atoms with Gasteiger partial charge in [-0.25, -0.2) is 0 Å². The first-order valence-corrected chi connectivity index (χ1v) is 7.27. The zero-order valence-electron chi connectivity index (χ0n) is 13.0. The van der Waals surface area contributed by atoms with E-state index in [4.69, 9.17) is 26.9 Å². The van der Waals surface area contributed by atoms with E-state index < -0.39 is 5.60 Å². The van der Waals surface area contributed by atoms with Crippen LogP contribution < -0.4 is 0 Å².